The molecular weight excluding hydrogens is 337 g/mol. The number of likely N-dealkylation sites (tertiary alicyclic amines) is 1. The number of hydrogen-bond acceptors (Lipinski definition) is 4. The molecule has 136 valence electrons. The first-order valence-electron chi connectivity index (χ1n) is 8.54. The molecule has 2 heterocycles. The Morgan fingerprint density at radius 1 is 1.38 bits per heavy atom. The van der Waals surface area contributed by atoms with Crippen molar-refractivity contribution in [2.45, 2.75) is 19.3 Å². The number of aliphatic hydroxyl groups excluding tert-OH is 1. The predicted octanol–water partition coefficient (Wildman–Crippen LogP) is 2.51. The van der Waals surface area contributed by atoms with Gasteiger partial charge in [0, 0.05) is 32.0 Å². The van der Waals surface area contributed by atoms with Crippen molar-refractivity contribution >= 4 is 11.8 Å². The van der Waals surface area contributed by atoms with Crippen molar-refractivity contribution in [3.8, 4) is 11.8 Å². The zero-order chi connectivity index (χ0) is 18.5. The SMILES string of the molecule is N#Cc1c(F)cccc1-n1ccc(NC(=O)N2CCC(CCO)CC2)n1. The van der Waals surface area contributed by atoms with Gasteiger partial charge in [-0.2, -0.15) is 5.26 Å². The lowest BCUT2D eigenvalue weighted by molar-refractivity contribution is 0.166. The maximum Gasteiger partial charge on any atom is 0.323 e. The van der Waals surface area contributed by atoms with Crippen LogP contribution < -0.4 is 5.32 Å². The van der Waals surface area contributed by atoms with E-state index in [9.17, 15) is 9.18 Å². The Hall–Kier alpha value is -2.92. The molecule has 0 spiro atoms. The van der Waals surface area contributed by atoms with E-state index < -0.39 is 5.82 Å². The highest BCUT2D eigenvalue weighted by Gasteiger charge is 2.23. The third kappa shape index (κ3) is 3.83. The van der Waals surface area contributed by atoms with Crippen molar-refractivity contribution in [2.24, 2.45) is 5.92 Å². The summed E-state index contributed by atoms with van der Waals surface area (Å²) >= 11 is 0. The number of aliphatic hydroxyl groups is 1. The van der Waals surface area contributed by atoms with Crippen molar-refractivity contribution in [3.05, 3.63) is 41.8 Å². The van der Waals surface area contributed by atoms with Crippen LogP contribution in [0.15, 0.2) is 30.5 Å². The molecule has 0 aliphatic carbocycles. The van der Waals surface area contributed by atoms with Gasteiger partial charge in [-0.3, -0.25) is 5.32 Å². The van der Waals surface area contributed by atoms with Gasteiger partial charge in [0.2, 0.25) is 0 Å². The van der Waals surface area contributed by atoms with Crippen molar-refractivity contribution in [1.82, 2.24) is 14.7 Å². The third-order valence-electron chi connectivity index (χ3n) is 4.61. The molecule has 1 aliphatic heterocycles. The summed E-state index contributed by atoms with van der Waals surface area (Å²) in [5, 5.41) is 25.1. The molecule has 26 heavy (non-hydrogen) atoms. The molecule has 2 aromatic rings. The number of benzene rings is 1. The smallest absolute Gasteiger partial charge is 0.323 e. The number of halogens is 1. The van der Waals surface area contributed by atoms with Gasteiger partial charge in [-0.15, -0.1) is 5.10 Å². The van der Waals surface area contributed by atoms with Crippen LogP contribution >= 0.6 is 0 Å². The molecular formula is C18H20FN5O2. The topological polar surface area (TPSA) is 94.2 Å². The lowest BCUT2D eigenvalue weighted by Gasteiger charge is -2.31. The molecule has 1 aromatic heterocycles. The molecule has 3 rings (SSSR count). The maximum absolute atomic E-state index is 13.7. The molecule has 0 saturated carbocycles. The van der Waals surface area contributed by atoms with Gasteiger partial charge in [0.15, 0.2) is 5.82 Å². The Morgan fingerprint density at radius 2 is 2.15 bits per heavy atom. The largest absolute Gasteiger partial charge is 0.396 e. The summed E-state index contributed by atoms with van der Waals surface area (Å²) in [5.41, 5.74) is 0.220. The summed E-state index contributed by atoms with van der Waals surface area (Å²) in [4.78, 5) is 14.1. The van der Waals surface area contributed by atoms with E-state index in [2.05, 4.69) is 10.4 Å². The van der Waals surface area contributed by atoms with Crippen LogP contribution in [0.5, 0.6) is 0 Å². The van der Waals surface area contributed by atoms with Gasteiger partial charge in [-0.1, -0.05) is 6.07 Å². The minimum absolute atomic E-state index is 0.0977. The quantitative estimate of drug-likeness (QED) is 0.879. The summed E-state index contributed by atoms with van der Waals surface area (Å²) in [6.45, 7) is 1.46. The Bertz CT molecular complexity index is 821. The number of urea groups is 1. The van der Waals surface area contributed by atoms with Crippen LogP contribution in [0.2, 0.25) is 0 Å². The highest BCUT2D eigenvalue weighted by Crippen LogP contribution is 2.21. The van der Waals surface area contributed by atoms with E-state index in [1.54, 1.807) is 23.2 Å². The van der Waals surface area contributed by atoms with E-state index in [1.165, 1.54) is 16.8 Å². The molecule has 0 bridgehead atoms. The minimum Gasteiger partial charge on any atom is -0.396 e. The molecule has 1 saturated heterocycles. The van der Waals surface area contributed by atoms with Gasteiger partial charge >= 0.3 is 6.03 Å². The van der Waals surface area contributed by atoms with E-state index >= 15 is 0 Å². The van der Waals surface area contributed by atoms with Crippen LogP contribution in [0.3, 0.4) is 0 Å². The number of nitrogens with one attached hydrogen (secondary N) is 1. The Balaban J connectivity index is 1.65. The van der Waals surface area contributed by atoms with Crippen LogP contribution in [0.25, 0.3) is 5.69 Å². The first-order valence-corrected chi connectivity index (χ1v) is 8.54. The molecule has 0 unspecified atom stereocenters. The molecule has 1 fully saturated rings. The van der Waals surface area contributed by atoms with E-state index in [4.69, 9.17) is 10.4 Å². The molecule has 0 radical (unpaired) electrons. The Labute approximate surface area is 150 Å². The number of carbonyl (C=O) groups is 1. The second-order valence-electron chi connectivity index (χ2n) is 6.26. The monoisotopic (exact) mass is 357 g/mol. The van der Waals surface area contributed by atoms with E-state index in [0.29, 0.717) is 30.5 Å². The summed E-state index contributed by atoms with van der Waals surface area (Å²) in [7, 11) is 0. The fourth-order valence-corrected chi connectivity index (χ4v) is 3.14. The first-order chi connectivity index (χ1) is 12.6. The third-order valence-corrected chi connectivity index (χ3v) is 4.61. The number of aromatic nitrogens is 2. The van der Waals surface area contributed by atoms with Crippen LogP contribution in [-0.2, 0) is 0 Å². The van der Waals surface area contributed by atoms with Crippen LogP contribution in [0, 0.1) is 23.1 Å². The fraction of sp³-hybridized carbons (Fsp3) is 0.389. The summed E-state index contributed by atoms with van der Waals surface area (Å²) in [6, 6.07) is 7.50. The van der Waals surface area contributed by atoms with Gasteiger partial charge < -0.3 is 10.0 Å². The molecule has 1 aromatic carbocycles. The standard InChI is InChI=1S/C18H20FN5O2/c19-15-2-1-3-16(14(15)12-20)24-10-6-17(22-24)21-18(26)23-8-4-13(5-9-23)7-11-25/h1-3,6,10,13,25H,4-5,7-9,11H2,(H,21,22,26). The average Bonchev–Trinajstić information content (AvgIpc) is 3.10. The van der Waals surface area contributed by atoms with E-state index in [1.807, 2.05) is 6.07 Å². The Morgan fingerprint density at radius 3 is 2.85 bits per heavy atom. The van der Waals surface area contributed by atoms with Crippen molar-refractivity contribution < 1.29 is 14.3 Å². The molecule has 1 aliphatic rings. The van der Waals surface area contributed by atoms with Crippen LogP contribution in [0.4, 0.5) is 15.0 Å². The normalized spacial score (nSPS) is 14.9. The summed E-state index contributed by atoms with van der Waals surface area (Å²) in [6.07, 6.45) is 4.09. The highest BCUT2D eigenvalue weighted by atomic mass is 19.1. The van der Waals surface area contributed by atoms with E-state index in [0.717, 1.165) is 19.3 Å². The number of piperidine rings is 1. The number of amides is 2. The fourth-order valence-electron chi connectivity index (χ4n) is 3.14. The molecule has 0 atom stereocenters. The average molecular weight is 357 g/mol. The van der Waals surface area contributed by atoms with Crippen molar-refractivity contribution in [1.29, 1.82) is 5.26 Å². The molecule has 2 N–H and O–H groups in total. The summed E-state index contributed by atoms with van der Waals surface area (Å²) in [5.74, 6) is 0.179. The lowest BCUT2D eigenvalue weighted by atomic mass is 9.94. The lowest BCUT2D eigenvalue weighted by Crippen LogP contribution is -2.41. The van der Waals surface area contributed by atoms with Crippen LogP contribution in [0.1, 0.15) is 24.8 Å². The number of nitriles is 1. The van der Waals surface area contributed by atoms with Gasteiger partial charge in [-0.05, 0) is 37.3 Å². The molecule has 7 nitrogen and oxygen atoms in total. The second kappa shape index (κ2) is 7.97. The second-order valence-corrected chi connectivity index (χ2v) is 6.26. The predicted molar refractivity (Wildman–Crippen MR) is 93.3 cm³/mol. The van der Waals surface area contributed by atoms with Crippen LogP contribution in [-0.4, -0.2) is 45.5 Å². The first kappa shape index (κ1) is 17.9. The highest BCUT2D eigenvalue weighted by molar-refractivity contribution is 5.88. The number of nitrogens with zero attached hydrogens (tertiary/aromatic N) is 4. The van der Waals surface area contributed by atoms with Gasteiger partial charge in [-0.25, -0.2) is 13.9 Å². The van der Waals surface area contributed by atoms with Gasteiger partial charge in [0.25, 0.3) is 0 Å². The number of carbonyl (C=O) groups excluding carboxylic acids is 1. The maximum atomic E-state index is 13.7. The van der Waals surface area contributed by atoms with E-state index in [-0.39, 0.29) is 18.2 Å². The van der Waals surface area contributed by atoms with Gasteiger partial charge in [0.1, 0.15) is 17.4 Å². The minimum atomic E-state index is -0.614. The van der Waals surface area contributed by atoms with Gasteiger partial charge in [0.05, 0.1) is 5.69 Å². The molecule has 2 amide bonds. The molecule has 8 heteroatoms. The van der Waals surface area contributed by atoms with Crippen molar-refractivity contribution in [3.63, 3.8) is 0 Å². The zero-order valence-electron chi connectivity index (χ0n) is 14.2. The summed E-state index contributed by atoms with van der Waals surface area (Å²) < 4.78 is 15.1. The number of rotatable bonds is 4. The zero-order valence-corrected chi connectivity index (χ0v) is 14.2. The Kier molecular flexibility index (Phi) is 5.49. The number of hydrogen-bond donors (Lipinski definition) is 2. The van der Waals surface area contributed by atoms with Crippen molar-refractivity contribution in [2.75, 3.05) is 25.0 Å². The number of anilines is 1.